The van der Waals surface area contributed by atoms with Crippen molar-refractivity contribution in [1.82, 2.24) is 0 Å². The molecule has 1 saturated heterocycles. The average molecular weight is 223 g/mol. The van der Waals surface area contributed by atoms with Gasteiger partial charge in [0.15, 0.2) is 0 Å². The molecule has 1 aromatic rings. The third-order valence-corrected chi connectivity index (χ3v) is 2.82. The Morgan fingerprint density at radius 2 is 2.33 bits per heavy atom. The zero-order valence-electron chi connectivity index (χ0n) is 8.15. The Bertz CT molecular complexity index is 414. The van der Waals surface area contributed by atoms with Crippen LogP contribution in [0.25, 0.3) is 0 Å². The highest BCUT2D eigenvalue weighted by molar-refractivity contribution is 6.30. The fourth-order valence-corrected chi connectivity index (χ4v) is 1.99. The molecule has 1 aromatic carbocycles. The Labute approximate surface area is 93.5 Å². The number of benzene rings is 1. The van der Waals surface area contributed by atoms with E-state index in [-0.39, 0.29) is 6.10 Å². The summed E-state index contributed by atoms with van der Waals surface area (Å²) in [4.78, 5) is 2.00. The van der Waals surface area contributed by atoms with Crippen molar-refractivity contribution < 1.29 is 5.11 Å². The van der Waals surface area contributed by atoms with Crippen LogP contribution in [0.4, 0.5) is 5.69 Å². The van der Waals surface area contributed by atoms with Gasteiger partial charge in [-0.2, -0.15) is 5.26 Å². The van der Waals surface area contributed by atoms with E-state index in [0.717, 1.165) is 18.7 Å². The van der Waals surface area contributed by atoms with Gasteiger partial charge in [0.25, 0.3) is 0 Å². The highest BCUT2D eigenvalue weighted by Gasteiger charge is 2.22. The summed E-state index contributed by atoms with van der Waals surface area (Å²) >= 11 is 5.89. The maximum Gasteiger partial charge on any atom is 0.101 e. The summed E-state index contributed by atoms with van der Waals surface area (Å²) in [5, 5.41) is 19.0. The van der Waals surface area contributed by atoms with E-state index in [0.29, 0.717) is 17.1 Å². The fourth-order valence-electron chi connectivity index (χ4n) is 1.82. The van der Waals surface area contributed by atoms with Crippen LogP contribution in [0.1, 0.15) is 12.0 Å². The second kappa shape index (κ2) is 4.09. The molecule has 0 aromatic heterocycles. The summed E-state index contributed by atoms with van der Waals surface area (Å²) in [7, 11) is 0. The molecule has 1 fully saturated rings. The summed E-state index contributed by atoms with van der Waals surface area (Å²) in [6, 6.07) is 7.32. The smallest absolute Gasteiger partial charge is 0.101 e. The number of β-amino-alcohol motifs (C(OH)–C–C–N with tert-alkyl or cyclic N) is 1. The Morgan fingerprint density at radius 3 is 2.93 bits per heavy atom. The molecule has 0 bridgehead atoms. The molecule has 1 aliphatic heterocycles. The molecule has 0 unspecified atom stereocenters. The molecule has 0 saturated carbocycles. The van der Waals surface area contributed by atoms with Crippen molar-refractivity contribution in [2.75, 3.05) is 18.0 Å². The van der Waals surface area contributed by atoms with E-state index < -0.39 is 0 Å². The summed E-state index contributed by atoms with van der Waals surface area (Å²) in [6.07, 6.45) is 0.452. The highest BCUT2D eigenvalue weighted by Crippen LogP contribution is 2.27. The molecule has 4 heteroatoms. The number of hydrogen-bond acceptors (Lipinski definition) is 3. The summed E-state index contributed by atoms with van der Waals surface area (Å²) in [5.74, 6) is 0. The minimum atomic E-state index is -0.296. The van der Waals surface area contributed by atoms with Gasteiger partial charge in [-0.05, 0) is 24.6 Å². The lowest BCUT2D eigenvalue weighted by Gasteiger charge is -2.19. The summed E-state index contributed by atoms with van der Waals surface area (Å²) < 4.78 is 0. The Kier molecular flexibility index (Phi) is 2.81. The van der Waals surface area contributed by atoms with E-state index in [2.05, 4.69) is 6.07 Å². The van der Waals surface area contributed by atoms with E-state index in [9.17, 15) is 5.11 Å². The van der Waals surface area contributed by atoms with Crippen LogP contribution in [0.5, 0.6) is 0 Å². The number of rotatable bonds is 1. The minimum Gasteiger partial charge on any atom is -0.391 e. The van der Waals surface area contributed by atoms with Crippen LogP contribution in [0.2, 0.25) is 5.02 Å². The van der Waals surface area contributed by atoms with Crippen molar-refractivity contribution in [3.63, 3.8) is 0 Å². The van der Waals surface area contributed by atoms with Gasteiger partial charge >= 0.3 is 0 Å². The second-order valence-electron chi connectivity index (χ2n) is 3.66. The predicted molar refractivity (Wildman–Crippen MR) is 59.0 cm³/mol. The minimum absolute atomic E-state index is 0.296. The normalized spacial score (nSPS) is 20.3. The largest absolute Gasteiger partial charge is 0.391 e. The quantitative estimate of drug-likeness (QED) is 0.788. The van der Waals surface area contributed by atoms with Crippen LogP contribution < -0.4 is 4.90 Å². The van der Waals surface area contributed by atoms with E-state index in [1.54, 1.807) is 18.2 Å². The average Bonchev–Trinajstić information content (AvgIpc) is 2.65. The van der Waals surface area contributed by atoms with Gasteiger partial charge in [-0.15, -0.1) is 0 Å². The van der Waals surface area contributed by atoms with Gasteiger partial charge in [0.2, 0.25) is 0 Å². The van der Waals surface area contributed by atoms with Crippen LogP contribution in [-0.2, 0) is 0 Å². The van der Waals surface area contributed by atoms with Crippen molar-refractivity contribution in [1.29, 1.82) is 5.26 Å². The lowest BCUT2D eigenvalue weighted by molar-refractivity contribution is 0.198. The zero-order chi connectivity index (χ0) is 10.8. The van der Waals surface area contributed by atoms with Crippen molar-refractivity contribution >= 4 is 17.3 Å². The van der Waals surface area contributed by atoms with Crippen LogP contribution in [0, 0.1) is 11.3 Å². The number of anilines is 1. The summed E-state index contributed by atoms with van der Waals surface area (Å²) in [5.41, 5.74) is 1.43. The fraction of sp³-hybridized carbons (Fsp3) is 0.364. The molecule has 1 aliphatic rings. The zero-order valence-corrected chi connectivity index (χ0v) is 8.91. The topological polar surface area (TPSA) is 47.3 Å². The van der Waals surface area contributed by atoms with Gasteiger partial charge < -0.3 is 10.0 Å². The lowest BCUT2D eigenvalue weighted by Crippen LogP contribution is -2.22. The number of nitriles is 1. The van der Waals surface area contributed by atoms with Gasteiger partial charge in [-0.25, -0.2) is 0 Å². The van der Waals surface area contributed by atoms with E-state index in [1.165, 1.54) is 0 Å². The number of nitrogens with zero attached hydrogens (tertiary/aromatic N) is 2. The first-order chi connectivity index (χ1) is 7.20. The molecular formula is C11H11ClN2O. The van der Waals surface area contributed by atoms with Crippen molar-refractivity contribution in [2.24, 2.45) is 0 Å². The maximum absolute atomic E-state index is 9.44. The van der Waals surface area contributed by atoms with Gasteiger partial charge in [0, 0.05) is 18.1 Å². The summed E-state index contributed by atoms with van der Waals surface area (Å²) in [6.45, 7) is 1.35. The Morgan fingerprint density at radius 1 is 1.53 bits per heavy atom. The maximum atomic E-state index is 9.44. The van der Waals surface area contributed by atoms with Gasteiger partial charge in [0.1, 0.15) is 6.07 Å². The second-order valence-corrected chi connectivity index (χ2v) is 4.10. The molecule has 78 valence electrons. The number of hydrogen-bond donors (Lipinski definition) is 1. The Balaban J connectivity index is 2.34. The molecule has 0 amide bonds. The molecule has 15 heavy (non-hydrogen) atoms. The third-order valence-electron chi connectivity index (χ3n) is 2.58. The Hall–Kier alpha value is -1.24. The number of halogens is 1. The SMILES string of the molecule is N#Cc1ccc(Cl)cc1N1CC[C@H](O)C1. The number of aliphatic hydroxyl groups is 1. The van der Waals surface area contributed by atoms with Crippen LogP contribution in [0.15, 0.2) is 18.2 Å². The molecule has 0 radical (unpaired) electrons. The molecule has 1 atom stereocenters. The molecule has 2 rings (SSSR count). The first-order valence-electron chi connectivity index (χ1n) is 4.83. The lowest BCUT2D eigenvalue weighted by atomic mass is 10.2. The van der Waals surface area contributed by atoms with E-state index in [1.807, 2.05) is 4.90 Å². The van der Waals surface area contributed by atoms with Crippen LogP contribution in [0.3, 0.4) is 0 Å². The molecule has 1 heterocycles. The van der Waals surface area contributed by atoms with Crippen molar-refractivity contribution in [3.8, 4) is 6.07 Å². The van der Waals surface area contributed by atoms with Gasteiger partial charge in [0.05, 0.1) is 17.4 Å². The van der Waals surface area contributed by atoms with Crippen LogP contribution in [-0.4, -0.2) is 24.3 Å². The molecular weight excluding hydrogens is 212 g/mol. The van der Waals surface area contributed by atoms with Gasteiger partial charge in [-0.1, -0.05) is 11.6 Å². The molecule has 0 aliphatic carbocycles. The number of aliphatic hydroxyl groups excluding tert-OH is 1. The molecule has 3 nitrogen and oxygen atoms in total. The van der Waals surface area contributed by atoms with Crippen molar-refractivity contribution in [2.45, 2.75) is 12.5 Å². The third kappa shape index (κ3) is 2.06. The first kappa shape index (κ1) is 10.3. The van der Waals surface area contributed by atoms with Gasteiger partial charge in [-0.3, -0.25) is 0 Å². The van der Waals surface area contributed by atoms with E-state index >= 15 is 0 Å². The van der Waals surface area contributed by atoms with E-state index in [4.69, 9.17) is 16.9 Å². The predicted octanol–water partition coefficient (Wildman–Crippen LogP) is 1.78. The monoisotopic (exact) mass is 222 g/mol. The first-order valence-corrected chi connectivity index (χ1v) is 5.21. The van der Waals surface area contributed by atoms with Crippen LogP contribution >= 0.6 is 11.6 Å². The van der Waals surface area contributed by atoms with Crippen molar-refractivity contribution in [3.05, 3.63) is 28.8 Å². The molecule has 1 N–H and O–H groups in total. The highest BCUT2D eigenvalue weighted by atomic mass is 35.5. The molecule has 0 spiro atoms. The standard InChI is InChI=1S/C11H11ClN2O/c12-9-2-1-8(6-13)11(5-9)14-4-3-10(15)7-14/h1-2,5,10,15H,3-4,7H2/t10-/m0/s1.